The molecule has 0 spiro atoms. The number of nitrogens with one attached hydrogen (secondary N) is 1. The summed E-state index contributed by atoms with van der Waals surface area (Å²) in [6, 6.07) is 16.5. The number of carbonyl (C=O) groups excluding carboxylic acids is 3. The summed E-state index contributed by atoms with van der Waals surface area (Å²) in [7, 11) is 2.43. The molecule has 4 rings (SSSR count). The summed E-state index contributed by atoms with van der Waals surface area (Å²) in [5, 5.41) is 4.38. The molecule has 0 aliphatic rings. The molecule has 31 heavy (non-hydrogen) atoms. The number of para-hydroxylation sites is 1. The first-order valence-corrected chi connectivity index (χ1v) is 9.57. The van der Waals surface area contributed by atoms with Gasteiger partial charge in [-0.3, -0.25) is 4.79 Å². The number of ether oxygens (including phenoxy) is 2. The molecule has 4 aromatic rings. The Balaban J connectivity index is 2.07. The molecule has 1 amide bonds. The molecule has 0 aliphatic carbocycles. The third-order valence-corrected chi connectivity index (χ3v) is 5.21. The lowest BCUT2D eigenvalue weighted by Gasteiger charge is -2.10. The Labute approximate surface area is 178 Å². The fourth-order valence-electron chi connectivity index (χ4n) is 3.74. The van der Waals surface area contributed by atoms with E-state index in [9.17, 15) is 14.4 Å². The number of aryl methyl sites for hydroxylation is 1. The van der Waals surface area contributed by atoms with Crippen LogP contribution in [0.25, 0.3) is 16.3 Å². The molecule has 2 heterocycles. The Bertz CT molecular complexity index is 1350. The van der Waals surface area contributed by atoms with E-state index in [0.29, 0.717) is 16.6 Å². The van der Waals surface area contributed by atoms with Gasteiger partial charge >= 0.3 is 11.9 Å². The van der Waals surface area contributed by atoms with Crippen LogP contribution in [-0.2, 0) is 9.47 Å². The molecule has 1 N–H and O–H groups in total. The van der Waals surface area contributed by atoms with Crippen molar-refractivity contribution in [2.45, 2.75) is 6.92 Å². The Morgan fingerprint density at radius 2 is 1.48 bits per heavy atom. The van der Waals surface area contributed by atoms with E-state index in [1.54, 1.807) is 18.3 Å². The number of anilines is 1. The van der Waals surface area contributed by atoms with Gasteiger partial charge in [-0.15, -0.1) is 0 Å². The Morgan fingerprint density at radius 1 is 0.839 bits per heavy atom. The van der Waals surface area contributed by atoms with Crippen LogP contribution in [0.3, 0.4) is 0 Å². The summed E-state index contributed by atoms with van der Waals surface area (Å²) in [6.45, 7) is 1.86. The van der Waals surface area contributed by atoms with Crippen LogP contribution in [0.15, 0.2) is 60.8 Å². The molecule has 0 unspecified atom stereocenters. The number of nitrogens with zero attached hydrogens (tertiary/aromatic N) is 1. The predicted molar refractivity (Wildman–Crippen MR) is 117 cm³/mol. The monoisotopic (exact) mass is 416 g/mol. The molecule has 0 bridgehead atoms. The summed E-state index contributed by atoms with van der Waals surface area (Å²) >= 11 is 0. The van der Waals surface area contributed by atoms with Gasteiger partial charge in [0.2, 0.25) is 0 Å². The first-order chi connectivity index (χ1) is 15.0. The van der Waals surface area contributed by atoms with E-state index >= 15 is 0 Å². The summed E-state index contributed by atoms with van der Waals surface area (Å²) in [5.41, 5.74) is 1.70. The molecule has 0 saturated heterocycles. The van der Waals surface area contributed by atoms with Crippen LogP contribution in [-0.4, -0.2) is 36.5 Å². The quantitative estimate of drug-likeness (QED) is 0.503. The average molecular weight is 416 g/mol. The minimum Gasteiger partial charge on any atom is -0.465 e. The van der Waals surface area contributed by atoms with E-state index in [-0.39, 0.29) is 16.8 Å². The van der Waals surface area contributed by atoms with Crippen molar-refractivity contribution < 1.29 is 23.9 Å². The first kappa shape index (κ1) is 20.2. The number of fused-ring (bicyclic) bond motifs is 3. The van der Waals surface area contributed by atoms with E-state index in [1.807, 2.05) is 49.4 Å². The number of esters is 2. The standard InChI is InChI=1S/C24H20N2O5/c1-14-8-4-7-11-17(14)25-22(27)21-19(24(29)31-3)18(23(28)30-2)20-16-10-6-5-9-15(16)12-13-26(20)21/h4-13H,1-3H3,(H,25,27). The predicted octanol–water partition coefficient (Wildman–Crippen LogP) is 4.23. The molecule has 156 valence electrons. The zero-order valence-electron chi connectivity index (χ0n) is 17.3. The van der Waals surface area contributed by atoms with Crippen molar-refractivity contribution in [2.75, 3.05) is 19.5 Å². The van der Waals surface area contributed by atoms with E-state index in [2.05, 4.69) is 5.32 Å². The topological polar surface area (TPSA) is 86.1 Å². The molecule has 0 fully saturated rings. The fraction of sp³-hybridized carbons (Fsp3) is 0.125. The van der Waals surface area contributed by atoms with Gasteiger partial charge in [-0.05, 0) is 30.0 Å². The van der Waals surface area contributed by atoms with Crippen LogP contribution in [0, 0.1) is 6.92 Å². The molecule has 0 aliphatic heterocycles. The number of pyridine rings is 1. The number of rotatable bonds is 4. The highest BCUT2D eigenvalue weighted by Crippen LogP contribution is 2.32. The highest BCUT2D eigenvalue weighted by Gasteiger charge is 2.33. The summed E-state index contributed by atoms with van der Waals surface area (Å²) in [6.07, 6.45) is 1.66. The molecular formula is C24H20N2O5. The zero-order chi connectivity index (χ0) is 22.1. The first-order valence-electron chi connectivity index (χ1n) is 9.57. The van der Waals surface area contributed by atoms with E-state index < -0.39 is 17.8 Å². The lowest BCUT2D eigenvalue weighted by Crippen LogP contribution is -2.20. The number of carbonyl (C=O) groups is 3. The Hall–Kier alpha value is -4.13. The second-order valence-electron chi connectivity index (χ2n) is 6.97. The highest BCUT2D eigenvalue weighted by atomic mass is 16.5. The minimum atomic E-state index is -0.803. The van der Waals surface area contributed by atoms with Gasteiger partial charge in [-0.25, -0.2) is 9.59 Å². The normalized spacial score (nSPS) is 10.8. The van der Waals surface area contributed by atoms with Crippen LogP contribution in [0.5, 0.6) is 0 Å². The highest BCUT2D eigenvalue weighted by molar-refractivity contribution is 6.21. The van der Waals surface area contributed by atoms with Crippen LogP contribution in [0.1, 0.15) is 36.8 Å². The van der Waals surface area contributed by atoms with Crippen molar-refractivity contribution in [3.05, 3.63) is 83.2 Å². The van der Waals surface area contributed by atoms with Crippen LogP contribution >= 0.6 is 0 Å². The van der Waals surface area contributed by atoms with Crippen molar-refractivity contribution in [3.63, 3.8) is 0 Å². The molecule has 2 aromatic heterocycles. The van der Waals surface area contributed by atoms with E-state index in [1.165, 1.54) is 18.6 Å². The summed E-state index contributed by atoms with van der Waals surface area (Å²) in [4.78, 5) is 39.0. The van der Waals surface area contributed by atoms with Gasteiger partial charge in [-0.1, -0.05) is 42.5 Å². The molecule has 7 nitrogen and oxygen atoms in total. The number of hydrogen-bond acceptors (Lipinski definition) is 5. The number of hydrogen-bond donors (Lipinski definition) is 1. The Kier molecular flexibility index (Phi) is 5.17. The average Bonchev–Trinajstić information content (AvgIpc) is 3.15. The third kappa shape index (κ3) is 3.30. The number of aromatic nitrogens is 1. The lowest BCUT2D eigenvalue weighted by molar-refractivity contribution is 0.0556. The maximum atomic E-state index is 13.4. The summed E-state index contributed by atoms with van der Waals surface area (Å²) < 4.78 is 11.4. The van der Waals surface area contributed by atoms with Crippen molar-refractivity contribution in [1.29, 1.82) is 0 Å². The molecular weight excluding hydrogens is 396 g/mol. The lowest BCUT2D eigenvalue weighted by atomic mass is 10.1. The van der Waals surface area contributed by atoms with E-state index in [4.69, 9.17) is 9.47 Å². The number of benzene rings is 2. The summed E-state index contributed by atoms with van der Waals surface area (Å²) in [5.74, 6) is -2.08. The zero-order valence-corrected chi connectivity index (χ0v) is 17.3. The molecule has 0 radical (unpaired) electrons. The van der Waals surface area contributed by atoms with Crippen molar-refractivity contribution in [3.8, 4) is 0 Å². The third-order valence-electron chi connectivity index (χ3n) is 5.21. The van der Waals surface area contributed by atoms with Gasteiger partial charge in [0, 0.05) is 17.3 Å². The number of methoxy groups -OCH3 is 2. The minimum absolute atomic E-state index is 0.00347. The maximum Gasteiger partial charge on any atom is 0.341 e. The van der Waals surface area contributed by atoms with Crippen LogP contribution in [0.4, 0.5) is 5.69 Å². The molecule has 0 atom stereocenters. The van der Waals surface area contributed by atoms with Crippen LogP contribution < -0.4 is 5.32 Å². The van der Waals surface area contributed by atoms with E-state index in [0.717, 1.165) is 10.9 Å². The largest absolute Gasteiger partial charge is 0.465 e. The van der Waals surface area contributed by atoms with Gasteiger partial charge < -0.3 is 19.2 Å². The van der Waals surface area contributed by atoms with Crippen LogP contribution in [0.2, 0.25) is 0 Å². The smallest absolute Gasteiger partial charge is 0.341 e. The van der Waals surface area contributed by atoms with Gasteiger partial charge in [0.1, 0.15) is 16.8 Å². The van der Waals surface area contributed by atoms with Gasteiger partial charge in [0.15, 0.2) is 0 Å². The van der Waals surface area contributed by atoms with Crippen molar-refractivity contribution in [2.24, 2.45) is 0 Å². The second-order valence-corrected chi connectivity index (χ2v) is 6.97. The Morgan fingerprint density at radius 3 is 2.19 bits per heavy atom. The van der Waals surface area contributed by atoms with Gasteiger partial charge in [-0.2, -0.15) is 0 Å². The number of amides is 1. The van der Waals surface area contributed by atoms with Crippen molar-refractivity contribution in [1.82, 2.24) is 4.40 Å². The molecule has 0 saturated carbocycles. The molecule has 7 heteroatoms. The maximum absolute atomic E-state index is 13.4. The fourth-order valence-corrected chi connectivity index (χ4v) is 3.74. The van der Waals surface area contributed by atoms with Gasteiger partial charge in [0.25, 0.3) is 5.91 Å². The van der Waals surface area contributed by atoms with Gasteiger partial charge in [0.05, 0.1) is 19.7 Å². The molecule has 2 aromatic carbocycles. The van der Waals surface area contributed by atoms with Crippen molar-refractivity contribution >= 4 is 39.8 Å². The second kappa shape index (κ2) is 7.95. The SMILES string of the molecule is COC(=O)c1c(C(=O)OC)c2c3ccccc3ccn2c1C(=O)Nc1ccccc1C.